The Labute approximate surface area is 343 Å². The maximum Gasteiger partial charge on any atom is 0.313 e. The Morgan fingerprint density at radius 3 is 2.32 bits per heavy atom. The van der Waals surface area contributed by atoms with Crippen molar-refractivity contribution >= 4 is 45.3 Å². The minimum Gasteiger partial charge on any atom is -0.455 e. The van der Waals surface area contributed by atoms with Crippen LogP contribution in [0.15, 0.2) is 104 Å². The third kappa shape index (κ3) is 8.23. The topological polar surface area (TPSA) is 135 Å². The second-order valence-corrected chi connectivity index (χ2v) is 16.3. The third-order valence-electron chi connectivity index (χ3n) is 11.4. The molecule has 2 bridgehead atoms. The molecule has 3 heterocycles. The van der Waals surface area contributed by atoms with E-state index in [-0.39, 0.29) is 38.3 Å². The van der Waals surface area contributed by atoms with Crippen LogP contribution in [0.25, 0.3) is 0 Å². The van der Waals surface area contributed by atoms with Gasteiger partial charge in [0.25, 0.3) is 5.91 Å². The molecule has 1 unspecified atom stereocenters. The third-order valence-corrected chi connectivity index (χ3v) is 12.3. The van der Waals surface area contributed by atoms with E-state index < -0.39 is 77.0 Å². The highest BCUT2D eigenvalue weighted by Gasteiger charge is 2.77. The number of halogens is 1. The van der Waals surface area contributed by atoms with Gasteiger partial charge < -0.3 is 34.4 Å². The van der Waals surface area contributed by atoms with E-state index in [1.165, 1.54) is 12.0 Å². The van der Waals surface area contributed by atoms with Gasteiger partial charge in [-0.2, -0.15) is 0 Å². The summed E-state index contributed by atoms with van der Waals surface area (Å²) >= 11 is 3.78. The fraction of sp³-hybridized carbons (Fsp3) is 0.422. The van der Waals surface area contributed by atoms with Gasteiger partial charge in [-0.3, -0.25) is 19.2 Å². The molecule has 57 heavy (non-hydrogen) atoms. The molecule has 3 saturated heterocycles. The molecule has 1 spiro atoms. The van der Waals surface area contributed by atoms with Crippen LogP contribution in [0.5, 0.6) is 0 Å². The van der Waals surface area contributed by atoms with Gasteiger partial charge in [0.05, 0.1) is 43.2 Å². The summed E-state index contributed by atoms with van der Waals surface area (Å²) < 4.78 is 18.8. The number of rotatable bonds is 18. The van der Waals surface area contributed by atoms with E-state index in [1.807, 2.05) is 80.6 Å². The number of aliphatic hydroxyl groups is 1. The van der Waals surface area contributed by atoms with Crippen molar-refractivity contribution in [3.8, 4) is 0 Å². The van der Waals surface area contributed by atoms with Gasteiger partial charge in [-0.1, -0.05) is 107 Å². The molecule has 3 aromatic rings. The standard InChI is InChI=1S/C45H52BrN3O8/c1-6-8-22-35(51)47-34(27-55-5)39(31-20-13-10-14-21-31)56-44(54)36-37-42(52)49(32(26-50)24-30-18-11-9-12-19-30)41(45(37)25-33(46)40(36)57-45)43(53)48(23-7-2)38-28(3)16-15-17-29(38)4/h6-7,9-21,32-34,36-37,39-41,50H,1-2,8,22-27H2,3-5H3,(H,47,51)/t32-,33?,34-,36+,37-,39-,40+,41+,45-/m1/s1. The van der Waals surface area contributed by atoms with E-state index in [9.17, 15) is 14.7 Å². The van der Waals surface area contributed by atoms with Crippen molar-refractivity contribution in [1.29, 1.82) is 0 Å². The molecule has 6 rings (SSSR count). The number of hydrogen-bond acceptors (Lipinski definition) is 8. The lowest BCUT2D eigenvalue weighted by Crippen LogP contribution is -2.59. The van der Waals surface area contributed by atoms with Crippen molar-refractivity contribution in [2.24, 2.45) is 11.8 Å². The average Bonchev–Trinajstić information content (AvgIpc) is 3.81. The molecule has 0 aromatic heterocycles. The molecule has 9 atom stereocenters. The first-order chi connectivity index (χ1) is 27.5. The average molecular weight is 843 g/mol. The number of allylic oxidation sites excluding steroid dienone is 1. The van der Waals surface area contributed by atoms with Crippen molar-refractivity contribution in [3.63, 3.8) is 0 Å². The largest absolute Gasteiger partial charge is 0.455 e. The molecule has 3 aromatic carbocycles. The lowest BCUT2D eigenvalue weighted by Gasteiger charge is -2.40. The van der Waals surface area contributed by atoms with Gasteiger partial charge in [0, 0.05) is 30.6 Å². The first kappa shape index (κ1) is 42.0. The number of methoxy groups -OCH3 is 1. The molecule has 3 aliphatic rings. The zero-order valence-corrected chi connectivity index (χ0v) is 34.3. The lowest BCUT2D eigenvalue weighted by atomic mass is 9.70. The molecule has 11 nitrogen and oxygen atoms in total. The molecule has 3 aliphatic heterocycles. The molecule has 0 radical (unpaired) electrons. The summed E-state index contributed by atoms with van der Waals surface area (Å²) in [4.78, 5) is 61.2. The molecule has 12 heteroatoms. The summed E-state index contributed by atoms with van der Waals surface area (Å²) in [6.45, 7) is 11.3. The minimum absolute atomic E-state index is 0.0319. The normalized spacial score (nSPS) is 25.0. The number of carbonyl (C=O) groups excluding carboxylic acids is 4. The molecule has 3 amide bonds. The number of carbonyl (C=O) groups is 4. The van der Waals surface area contributed by atoms with Crippen LogP contribution in [0, 0.1) is 25.7 Å². The monoisotopic (exact) mass is 841 g/mol. The zero-order chi connectivity index (χ0) is 40.9. The van der Waals surface area contributed by atoms with E-state index in [0.29, 0.717) is 17.7 Å². The van der Waals surface area contributed by atoms with E-state index in [4.69, 9.17) is 14.2 Å². The zero-order valence-electron chi connectivity index (χ0n) is 32.7. The molecule has 2 N–H and O–H groups in total. The van der Waals surface area contributed by atoms with Crippen LogP contribution in [-0.4, -0.2) is 95.2 Å². The summed E-state index contributed by atoms with van der Waals surface area (Å²) in [5.74, 6) is -4.05. The minimum atomic E-state index is -1.44. The van der Waals surface area contributed by atoms with Crippen molar-refractivity contribution in [3.05, 3.63) is 126 Å². The first-order valence-corrected chi connectivity index (χ1v) is 20.3. The van der Waals surface area contributed by atoms with Gasteiger partial charge in [0.15, 0.2) is 0 Å². The summed E-state index contributed by atoms with van der Waals surface area (Å²) in [7, 11) is 1.50. The number of aryl methyl sites for hydroxylation is 2. The molecular weight excluding hydrogens is 790 g/mol. The number of ether oxygens (including phenoxy) is 3. The van der Waals surface area contributed by atoms with Crippen LogP contribution in [0.1, 0.15) is 47.6 Å². The Kier molecular flexibility index (Phi) is 13.5. The summed E-state index contributed by atoms with van der Waals surface area (Å²) in [5.41, 5.74) is 2.47. The number of likely N-dealkylation sites (tertiary alicyclic amines) is 1. The Morgan fingerprint density at radius 2 is 1.70 bits per heavy atom. The molecule has 302 valence electrons. The molecule has 3 fully saturated rings. The van der Waals surface area contributed by atoms with E-state index >= 15 is 9.59 Å². The number of esters is 1. The summed E-state index contributed by atoms with van der Waals surface area (Å²) in [6, 6.07) is 21.5. The molecule has 0 aliphatic carbocycles. The van der Waals surface area contributed by atoms with Crippen LogP contribution in [-0.2, 0) is 39.8 Å². The number of nitrogens with one attached hydrogen (secondary N) is 1. The van der Waals surface area contributed by atoms with E-state index in [1.54, 1.807) is 29.2 Å². The first-order valence-electron chi connectivity index (χ1n) is 19.4. The Bertz CT molecular complexity index is 1920. The number of amides is 3. The summed E-state index contributed by atoms with van der Waals surface area (Å²) in [5, 5.41) is 14.0. The second kappa shape index (κ2) is 18.3. The predicted octanol–water partition coefficient (Wildman–Crippen LogP) is 5.56. The van der Waals surface area contributed by atoms with Crippen LogP contribution in [0.2, 0.25) is 0 Å². The highest BCUT2D eigenvalue weighted by atomic mass is 79.9. The number of aliphatic hydroxyl groups excluding tert-OH is 1. The number of alkyl halides is 1. The Balaban J connectivity index is 1.43. The van der Waals surface area contributed by atoms with E-state index in [0.717, 1.165) is 16.7 Å². The van der Waals surface area contributed by atoms with Crippen molar-refractivity contribution < 1.29 is 38.5 Å². The smallest absolute Gasteiger partial charge is 0.313 e. The quantitative estimate of drug-likeness (QED) is 0.0968. The summed E-state index contributed by atoms with van der Waals surface area (Å²) in [6.07, 6.45) is 2.67. The van der Waals surface area contributed by atoms with Gasteiger partial charge in [-0.15, -0.1) is 13.2 Å². The van der Waals surface area contributed by atoms with Crippen LogP contribution in [0.3, 0.4) is 0 Å². The van der Waals surface area contributed by atoms with Crippen molar-refractivity contribution in [2.75, 3.05) is 31.8 Å². The maximum atomic E-state index is 15.4. The highest BCUT2D eigenvalue weighted by Crippen LogP contribution is 2.61. The van der Waals surface area contributed by atoms with Gasteiger partial charge in [0.2, 0.25) is 11.8 Å². The Morgan fingerprint density at radius 1 is 1.04 bits per heavy atom. The second-order valence-electron chi connectivity index (χ2n) is 15.1. The number of hydrogen-bond donors (Lipinski definition) is 2. The Hall–Kier alpha value is -4.62. The van der Waals surface area contributed by atoms with Crippen LogP contribution < -0.4 is 10.2 Å². The van der Waals surface area contributed by atoms with Crippen molar-refractivity contribution in [1.82, 2.24) is 10.2 Å². The molecular formula is C45H52BrN3O8. The predicted molar refractivity (Wildman–Crippen MR) is 221 cm³/mol. The van der Waals surface area contributed by atoms with Crippen LogP contribution >= 0.6 is 15.9 Å². The number of benzene rings is 3. The molecule has 0 saturated carbocycles. The SMILES string of the molecule is C=CCCC(=O)N[C@H](COC)[C@H](OC(=O)[C@@H]1[C@H]2O[C@@]3(CC2Br)[C@H](C(=O)N(CC=C)c2c(C)cccc2C)N([C@@H](CO)Cc2ccccc2)C(=O)[C@@H]13)c1ccccc1. The number of nitrogens with zero attached hydrogens (tertiary/aromatic N) is 2. The van der Waals surface area contributed by atoms with Gasteiger partial charge in [-0.25, -0.2) is 0 Å². The van der Waals surface area contributed by atoms with Crippen molar-refractivity contribution in [2.45, 2.75) is 80.3 Å². The van der Waals surface area contributed by atoms with Gasteiger partial charge in [-0.05, 0) is 55.4 Å². The van der Waals surface area contributed by atoms with E-state index in [2.05, 4.69) is 34.4 Å². The fourth-order valence-electron chi connectivity index (χ4n) is 9.07. The fourth-order valence-corrected chi connectivity index (χ4v) is 10.0. The van der Waals surface area contributed by atoms with Gasteiger partial charge in [0.1, 0.15) is 17.7 Å². The number of fused-ring (bicyclic) bond motifs is 1. The number of anilines is 1. The highest BCUT2D eigenvalue weighted by molar-refractivity contribution is 9.09. The van der Waals surface area contributed by atoms with Crippen LogP contribution in [0.4, 0.5) is 5.69 Å². The van der Waals surface area contributed by atoms with Gasteiger partial charge >= 0.3 is 5.97 Å². The number of para-hydroxylation sites is 1. The maximum absolute atomic E-state index is 15.4. The lowest BCUT2D eigenvalue weighted by molar-refractivity contribution is -0.163.